The van der Waals surface area contributed by atoms with Crippen molar-refractivity contribution in [2.45, 2.75) is 0 Å². The van der Waals surface area contributed by atoms with Gasteiger partial charge in [0.2, 0.25) is 0 Å². The van der Waals surface area contributed by atoms with Crippen molar-refractivity contribution >= 4 is 11.6 Å². The number of allylic oxidation sites excluding steroid dienone is 5. The molecule has 0 aliphatic heterocycles. The van der Waals surface area contributed by atoms with Crippen LogP contribution < -0.4 is 5.32 Å². The molecule has 0 aromatic rings. The van der Waals surface area contributed by atoms with Crippen LogP contribution in [0.25, 0.3) is 0 Å². The van der Waals surface area contributed by atoms with Gasteiger partial charge in [0.25, 0.3) is 0 Å². The molecule has 0 amide bonds. The van der Waals surface area contributed by atoms with Crippen LogP contribution in [-0.2, 0) is 16.3 Å². The molecule has 4 nitrogen and oxygen atoms in total. The van der Waals surface area contributed by atoms with Gasteiger partial charge in [-0.15, -0.1) is 0 Å². The summed E-state index contributed by atoms with van der Waals surface area (Å²) in [4.78, 5) is 0. The summed E-state index contributed by atoms with van der Waals surface area (Å²) in [6.45, 7) is 0. The van der Waals surface area contributed by atoms with Crippen LogP contribution >= 0.6 is 0 Å². The van der Waals surface area contributed by atoms with E-state index >= 15 is 0 Å². The maximum atomic E-state index is 8.40. The van der Waals surface area contributed by atoms with E-state index in [4.69, 9.17) is 13.2 Å². The zero-order valence-electron chi connectivity index (χ0n) is 8.53. The van der Waals surface area contributed by atoms with Gasteiger partial charge in [-0.2, -0.15) is 0 Å². The highest BCUT2D eigenvalue weighted by Crippen LogP contribution is 2.38. The van der Waals surface area contributed by atoms with Gasteiger partial charge in [-0.05, 0) is 11.6 Å². The Morgan fingerprint density at radius 3 is 2.53 bits per heavy atom. The van der Waals surface area contributed by atoms with Gasteiger partial charge >= 0.3 is 0 Å². The number of methoxy groups -OCH3 is 1. The Balaban J connectivity index is 0.000000337. The van der Waals surface area contributed by atoms with E-state index in [0.29, 0.717) is 0 Å². The molecule has 15 heavy (non-hydrogen) atoms. The molecule has 1 N–H and O–H groups in total. The molecule has 0 aromatic carbocycles. The number of hydrogen-bond donors (Lipinski definition) is 1. The highest BCUT2D eigenvalue weighted by atomic mass is 32.1. The molecule has 0 saturated heterocycles. The average molecular weight is 227 g/mol. The van der Waals surface area contributed by atoms with E-state index in [2.05, 4.69) is 23.5 Å². The van der Waals surface area contributed by atoms with E-state index in [1.807, 2.05) is 7.05 Å². The van der Waals surface area contributed by atoms with Crippen molar-refractivity contribution in [3.63, 3.8) is 0 Å². The molecule has 2 aliphatic carbocycles. The van der Waals surface area contributed by atoms with Crippen molar-refractivity contribution in [1.82, 2.24) is 5.32 Å². The third-order valence-electron chi connectivity index (χ3n) is 2.13. The van der Waals surface area contributed by atoms with E-state index in [1.165, 1.54) is 22.4 Å². The summed E-state index contributed by atoms with van der Waals surface area (Å²) in [6, 6.07) is 0. The highest BCUT2D eigenvalue weighted by molar-refractivity contribution is 7.51. The maximum Gasteiger partial charge on any atom is 0.129 e. The van der Waals surface area contributed by atoms with Gasteiger partial charge in [-0.3, -0.25) is 0 Å². The van der Waals surface area contributed by atoms with Crippen molar-refractivity contribution in [2.75, 3.05) is 14.2 Å². The number of likely N-dealkylation sites (N-methyl/N-ethyl adjacent to an activating group) is 1. The molecular formula is C10H13NO3S. The predicted octanol–water partition coefficient (Wildman–Crippen LogP) is 0.294. The van der Waals surface area contributed by atoms with Crippen molar-refractivity contribution < 1.29 is 13.2 Å². The number of fused-ring (bicyclic) bond motifs is 2. The van der Waals surface area contributed by atoms with Gasteiger partial charge in [0.15, 0.2) is 0 Å². The van der Waals surface area contributed by atoms with Gasteiger partial charge in [0.1, 0.15) is 11.6 Å². The summed E-state index contributed by atoms with van der Waals surface area (Å²) in [6.07, 6.45) is 8.11. The van der Waals surface area contributed by atoms with Gasteiger partial charge < -0.3 is 10.1 Å². The Morgan fingerprint density at radius 1 is 1.40 bits per heavy atom. The number of hydrogen-bond acceptors (Lipinski definition) is 4. The minimum Gasteiger partial charge on any atom is -0.504 e. The van der Waals surface area contributed by atoms with Crippen LogP contribution in [-0.4, -0.2) is 22.6 Å². The molecule has 0 unspecified atom stereocenters. The third kappa shape index (κ3) is 2.30. The lowest BCUT2D eigenvalue weighted by molar-refractivity contribution is 0.335. The molecule has 0 spiro atoms. The second-order valence-electron chi connectivity index (χ2n) is 2.86. The molecule has 0 fully saturated rings. The van der Waals surface area contributed by atoms with E-state index in [1.54, 1.807) is 13.4 Å². The summed E-state index contributed by atoms with van der Waals surface area (Å²) in [5.41, 5.74) is 4.82. The second-order valence-corrected chi connectivity index (χ2v) is 3.03. The lowest BCUT2D eigenvalue weighted by Crippen LogP contribution is -2.05. The Morgan fingerprint density at radius 2 is 2.07 bits per heavy atom. The first kappa shape index (κ1) is 11.6. The minimum absolute atomic E-state index is 1.18. The Labute approximate surface area is 91.6 Å². The molecular weight excluding hydrogens is 214 g/mol. The normalized spacial score (nSPS) is 18.8. The minimum atomic E-state index is -1.42. The van der Waals surface area contributed by atoms with Crippen LogP contribution in [0.5, 0.6) is 0 Å². The van der Waals surface area contributed by atoms with Crippen LogP contribution in [0.15, 0.2) is 46.9 Å². The Bertz CT molecular complexity index is 412. The van der Waals surface area contributed by atoms with Gasteiger partial charge in [-0.1, -0.05) is 12.2 Å². The van der Waals surface area contributed by atoms with Gasteiger partial charge in [0, 0.05) is 23.9 Å². The molecule has 0 radical (unpaired) electrons. The second kappa shape index (κ2) is 5.41. The Kier molecular flexibility index (Phi) is 4.17. The number of ether oxygens (including phenoxy) is 1. The van der Waals surface area contributed by atoms with Crippen LogP contribution in [0.1, 0.15) is 0 Å². The first-order valence-electron chi connectivity index (χ1n) is 4.33. The quantitative estimate of drug-likeness (QED) is 0.689. The topological polar surface area (TPSA) is 55.4 Å². The largest absolute Gasteiger partial charge is 0.504 e. The van der Waals surface area contributed by atoms with E-state index in [0.717, 1.165) is 0 Å². The molecule has 0 heterocycles. The first-order valence-corrected chi connectivity index (χ1v) is 5.15. The van der Waals surface area contributed by atoms with Gasteiger partial charge in [0.05, 0.1) is 13.4 Å². The fraction of sp³-hybridized carbons (Fsp3) is 0.200. The van der Waals surface area contributed by atoms with Crippen molar-refractivity contribution in [2.24, 2.45) is 0 Å². The molecule has 0 atom stereocenters. The van der Waals surface area contributed by atoms with Crippen LogP contribution in [0.3, 0.4) is 0 Å². The molecule has 2 aliphatic rings. The predicted molar refractivity (Wildman–Crippen MR) is 60.1 cm³/mol. The van der Waals surface area contributed by atoms with Gasteiger partial charge in [-0.25, -0.2) is 8.42 Å². The Hall–Kier alpha value is -1.49. The van der Waals surface area contributed by atoms with Crippen molar-refractivity contribution in [3.05, 3.63) is 46.9 Å². The maximum absolute atomic E-state index is 8.40. The third-order valence-corrected chi connectivity index (χ3v) is 2.13. The lowest BCUT2D eigenvalue weighted by Gasteiger charge is -2.02. The fourth-order valence-electron chi connectivity index (χ4n) is 1.56. The van der Waals surface area contributed by atoms with Crippen LogP contribution in [0.4, 0.5) is 0 Å². The highest BCUT2D eigenvalue weighted by Gasteiger charge is 2.24. The van der Waals surface area contributed by atoms with E-state index < -0.39 is 11.6 Å². The molecule has 0 saturated carbocycles. The van der Waals surface area contributed by atoms with Crippen molar-refractivity contribution in [3.8, 4) is 0 Å². The first-order chi connectivity index (χ1) is 7.28. The zero-order chi connectivity index (χ0) is 11.3. The lowest BCUT2D eigenvalue weighted by atomic mass is 10.1. The molecule has 0 aromatic heterocycles. The average Bonchev–Trinajstić information content (AvgIpc) is 2.77. The summed E-state index contributed by atoms with van der Waals surface area (Å²) >= 11 is -1.42. The fourth-order valence-corrected chi connectivity index (χ4v) is 1.56. The summed E-state index contributed by atoms with van der Waals surface area (Å²) in [7, 11) is 3.60. The number of nitrogens with one attached hydrogen (secondary N) is 1. The van der Waals surface area contributed by atoms with E-state index in [9.17, 15) is 0 Å². The summed E-state index contributed by atoms with van der Waals surface area (Å²) in [5, 5.41) is 3.14. The smallest absolute Gasteiger partial charge is 0.129 e. The van der Waals surface area contributed by atoms with E-state index in [-0.39, 0.29) is 0 Å². The molecule has 5 heteroatoms. The number of rotatable bonds is 2. The molecule has 2 rings (SSSR count). The summed E-state index contributed by atoms with van der Waals surface area (Å²) < 4.78 is 21.8. The molecule has 82 valence electrons. The summed E-state index contributed by atoms with van der Waals surface area (Å²) in [5.74, 6) is 0. The zero-order valence-corrected chi connectivity index (χ0v) is 9.53. The SMILES string of the molecule is CNC1=CC2=CC=C1C2=COC.O=[SH2]=O. The standard InChI is InChI=1S/C10H11NO.H2O2S/c1-11-10-5-7-3-4-8(10)9(7)6-12-2;1-3-2/h3-6,11H,1-2H3;3H2. The molecule has 2 bridgehead atoms. The van der Waals surface area contributed by atoms with Crippen LogP contribution in [0, 0.1) is 0 Å². The van der Waals surface area contributed by atoms with Crippen molar-refractivity contribution in [1.29, 1.82) is 0 Å². The van der Waals surface area contributed by atoms with Crippen LogP contribution in [0.2, 0.25) is 0 Å². The monoisotopic (exact) mass is 227 g/mol.